The molecule has 6 heteroatoms. The summed E-state index contributed by atoms with van der Waals surface area (Å²) in [7, 11) is 3.18. The average Bonchev–Trinajstić information content (AvgIpc) is 2.73. The van der Waals surface area contributed by atoms with Gasteiger partial charge in [-0.3, -0.25) is 9.59 Å². The minimum Gasteiger partial charge on any atom is -0.497 e. The fourth-order valence-corrected chi connectivity index (χ4v) is 3.10. The van der Waals surface area contributed by atoms with Crippen molar-refractivity contribution in [3.05, 3.63) is 58.9 Å². The van der Waals surface area contributed by atoms with Crippen molar-refractivity contribution in [2.45, 2.75) is 19.9 Å². The van der Waals surface area contributed by atoms with E-state index in [1.165, 1.54) is 0 Å². The van der Waals surface area contributed by atoms with Gasteiger partial charge < -0.3 is 18.8 Å². The average molecular weight is 381 g/mol. The van der Waals surface area contributed by atoms with Crippen LogP contribution in [0.25, 0.3) is 22.0 Å². The molecule has 0 amide bonds. The number of pyridine rings is 1. The Balaban J connectivity index is 2.12. The van der Waals surface area contributed by atoms with E-state index in [1.54, 1.807) is 45.5 Å². The van der Waals surface area contributed by atoms with E-state index in [2.05, 4.69) is 0 Å². The molecule has 0 N–H and O–H groups in total. The number of benzene rings is 2. The lowest BCUT2D eigenvalue weighted by Gasteiger charge is -2.14. The van der Waals surface area contributed by atoms with Gasteiger partial charge in [-0.2, -0.15) is 0 Å². The third kappa shape index (κ3) is 4.01. The molecule has 3 aromatic rings. The number of carbonyl (C=O) groups is 1. The minimum atomic E-state index is -0.275. The normalized spacial score (nSPS) is 10.7. The van der Waals surface area contributed by atoms with Gasteiger partial charge in [-0.1, -0.05) is 12.1 Å². The third-order valence-corrected chi connectivity index (χ3v) is 4.55. The van der Waals surface area contributed by atoms with E-state index in [0.29, 0.717) is 35.4 Å². The number of aromatic nitrogens is 1. The number of esters is 1. The summed E-state index contributed by atoms with van der Waals surface area (Å²) in [6, 6.07) is 12.6. The van der Waals surface area contributed by atoms with Gasteiger partial charge >= 0.3 is 5.97 Å². The fourth-order valence-electron chi connectivity index (χ4n) is 3.10. The van der Waals surface area contributed by atoms with E-state index in [4.69, 9.17) is 14.2 Å². The zero-order valence-corrected chi connectivity index (χ0v) is 16.2. The Bertz CT molecular complexity index is 1040. The lowest BCUT2D eigenvalue weighted by molar-refractivity contribution is -0.143. The maximum Gasteiger partial charge on any atom is 0.307 e. The first kappa shape index (κ1) is 19.5. The number of nitrogens with zero attached hydrogens (tertiary/aromatic N) is 1. The number of carbonyl (C=O) groups excluding carboxylic acids is 1. The lowest BCUT2D eigenvalue weighted by Crippen LogP contribution is -2.15. The van der Waals surface area contributed by atoms with Crippen molar-refractivity contribution in [3.8, 4) is 22.6 Å². The summed E-state index contributed by atoms with van der Waals surface area (Å²) >= 11 is 0. The molecule has 0 unspecified atom stereocenters. The SMILES string of the molecule is CCOC(=O)CCn1cc(-c2ccc(OC)cc2)c(=O)c2ccc(OC)cc21. The zero-order valence-electron chi connectivity index (χ0n) is 16.2. The molecule has 28 heavy (non-hydrogen) atoms. The molecule has 0 spiro atoms. The first-order valence-corrected chi connectivity index (χ1v) is 9.08. The smallest absolute Gasteiger partial charge is 0.307 e. The van der Waals surface area contributed by atoms with Crippen LogP contribution in [-0.4, -0.2) is 31.4 Å². The van der Waals surface area contributed by atoms with Crippen LogP contribution < -0.4 is 14.9 Å². The molecule has 1 heterocycles. The van der Waals surface area contributed by atoms with Crippen molar-refractivity contribution in [1.29, 1.82) is 0 Å². The Morgan fingerprint density at radius 2 is 1.68 bits per heavy atom. The van der Waals surface area contributed by atoms with Crippen LogP contribution in [0.3, 0.4) is 0 Å². The van der Waals surface area contributed by atoms with Crippen molar-refractivity contribution in [3.63, 3.8) is 0 Å². The highest BCUT2D eigenvalue weighted by atomic mass is 16.5. The van der Waals surface area contributed by atoms with Gasteiger partial charge in [0.2, 0.25) is 0 Å². The Morgan fingerprint density at radius 3 is 2.32 bits per heavy atom. The molecule has 0 saturated heterocycles. The third-order valence-electron chi connectivity index (χ3n) is 4.55. The second kappa shape index (κ2) is 8.61. The Kier molecular flexibility index (Phi) is 5.99. The molecule has 0 saturated carbocycles. The van der Waals surface area contributed by atoms with Gasteiger partial charge in [0.05, 0.1) is 32.8 Å². The van der Waals surface area contributed by atoms with E-state index in [0.717, 1.165) is 11.3 Å². The van der Waals surface area contributed by atoms with Gasteiger partial charge in [-0.25, -0.2) is 0 Å². The summed E-state index contributed by atoms with van der Waals surface area (Å²) in [4.78, 5) is 24.9. The maximum absolute atomic E-state index is 13.1. The quantitative estimate of drug-likeness (QED) is 0.585. The Morgan fingerprint density at radius 1 is 1.00 bits per heavy atom. The molecule has 1 aromatic heterocycles. The first-order valence-electron chi connectivity index (χ1n) is 9.08. The van der Waals surface area contributed by atoms with E-state index in [1.807, 2.05) is 28.8 Å². The number of methoxy groups -OCH3 is 2. The molecule has 0 bridgehead atoms. The van der Waals surface area contributed by atoms with Gasteiger partial charge in [-0.15, -0.1) is 0 Å². The molecule has 0 atom stereocenters. The van der Waals surface area contributed by atoms with E-state index in [9.17, 15) is 9.59 Å². The maximum atomic E-state index is 13.1. The van der Waals surface area contributed by atoms with Gasteiger partial charge in [0.15, 0.2) is 5.43 Å². The number of rotatable bonds is 7. The van der Waals surface area contributed by atoms with Crippen molar-refractivity contribution in [1.82, 2.24) is 4.57 Å². The molecule has 3 rings (SSSR count). The van der Waals surface area contributed by atoms with Crippen molar-refractivity contribution in [2.24, 2.45) is 0 Å². The molecule has 2 aromatic carbocycles. The highest BCUT2D eigenvalue weighted by Crippen LogP contribution is 2.25. The predicted molar refractivity (Wildman–Crippen MR) is 108 cm³/mol. The monoisotopic (exact) mass is 381 g/mol. The first-order chi connectivity index (χ1) is 13.6. The van der Waals surface area contributed by atoms with E-state index < -0.39 is 0 Å². The van der Waals surface area contributed by atoms with Crippen LogP contribution >= 0.6 is 0 Å². The van der Waals surface area contributed by atoms with Crippen LogP contribution in [0.4, 0.5) is 0 Å². The van der Waals surface area contributed by atoms with Crippen LogP contribution in [0.15, 0.2) is 53.5 Å². The summed E-state index contributed by atoms with van der Waals surface area (Å²) in [6.45, 7) is 2.51. The van der Waals surface area contributed by atoms with Gasteiger partial charge in [0, 0.05) is 29.8 Å². The number of ether oxygens (including phenoxy) is 3. The predicted octanol–water partition coefficient (Wildman–Crippen LogP) is 3.64. The van der Waals surface area contributed by atoms with Crippen LogP contribution in [0.1, 0.15) is 13.3 Å². The molecule has 6 nitrogen and oxygen atoms in total. The standard InChI is InChI=1S/C22H23NO5/c1-4-28-21(24)11-12-23-14-19(15-5-7-16(26-2)8-6-15)22(25)18-10-9-17(27-3)13-20(18)23/h5-10,13-14H,4,11-12H2,1-3H3. The summed E-state index contributed by atoms with van der Waals surface area (Å²) in [5, 5.41) is 0.568. The highest BCUT2D eigenvalue weighted by Gasteiger charge is 2.13. The summed E-state index contributed by atoms with van der Waals surface area (Å²) < 4.78 is 17.4. The molecule has 0 aliphatic heterocycles. The van der Waals surface area contributed by atoms with Crippen molar-refractivity contribution in [2.75, 3.05) is 20.8 Å². The Hall–Kier alpha value is -3.28. The second-order valence-electron chi connectivity index (χ2n) is 6.23. The zero-order chi connectivity index (χ0) is 20.1. The number of fused-ring (bicyclic) bond motifs is 1. The summed E-state index contributed by atoms with van der Waals surface area (Å²) in [5.41, 5.74) is 1.98. The summed E-state index contributed by atoms with van der Waals surface area (Å²) in [5.74, 6) is 1.09. The van der Waals surface area contributed by atoms with Gasteiger partial charge in [0.25, 0.3) is 0 Å². The van der Waals surface area contributed by atoms with E-state index in [-0.39, 0.29) is 17.8 Å². The molecule has 146 valence electrons. The van der Waals surface area contributed by atoms with Crippen molar-refractivity contribution >= 4 is 16.9 Å². The van der Waals surface area contributed by atoms with Crippen LogP contribution in [-0.2, 0) is 16.1 Å². The van der Waals surface area contributed by atoms with Crippen LogP contribution in [0, 0.1) is 0 Å². The molecule has 0 radical (unpaired) electrons. The number of hydrogen-bond acceptors (Lipinski definition) is 5. The minimum absolute atomic E-state index is 0.0739. The van der Waals surface area contributed by atoms with Crippen LogP contribution in [0.5, 0.6) is 11.5 Å². The molecule has 0 aliphatic carbocycles. The molecule has 0 fully saturated rings. The lowest BCUT2D eigenvalue weighted by atomic mass is 10.0. The number of aryl methyl sites for hydroxylation is 1. The second-order valence-corrected chi connectivity index (χ2v) is 6.23. The van der Waals surface area contributed by atoms with Crippen LogP contribution in [0.2, 0.25) is 0 Å². The molecular formula is C22H23NO5. The van der Waals surface area contributed by atoms with Crippen molar-refractivity contribution < 1.29 is 19.0 Å². The highest BCUT2D eigenvalue weighted by molar-refractivity contribution is 5.85. The topological polar surface area (TPSA) is 66.8 Å². The fraction of sp³-hybridized carbons (Fsp3) is 0.273. The van der Waals surface area contributed by atoms with Gasteiger partial charge in [0.1, 0.15) is 11.5 Å². The Labute approximate surface area is 163 Å². The van der Waals surface area contributed by atoms with E-state index >= 15 is 0 Å². The largest absolute Gasteiger partial charge is 0.497 e. The summed E-state index contributed by atoms with van der Waals surface area (Å²) in [6.07, 6.45) is 2.00. The molecular weight excluding hydrogens is 358 g/mol. The number of hydrogen-bond donors (Lipinski definition) is 0. The van der Waals surface area contributed by atoms with Gasteiger partial charge in [-0.05, 0) is 36.8 Å². The molecule has 0 aliphatic rings.